The molecule has 2 heterocycles. The van der Waals surface area contributed by atoms with E-state index in [-0.39, 0.29) is 0 Å². The fourth-order valence-electron chi connectivity index (χ4n) is 1.33. The van der Waals surface area contributed by atoms with Crippen LogP contribution in [0.1, 0.15) is 16.3 Å². The van der Waals surface area contributed by atoms with Gasteiger partial charge in [0.05, 0.1) is 11.4 Å². The maximum absolute atomic E-state index is 6.08. The molecule has 2 nitrogen and oxygen atoms in total. The van der Waals surface area contributed by atoms with E-state index < -0.39 is 0 Å². The second-order valence-corrected chi connectivity index (χ2v) is 4.95. The van der Waals surface area contributed by atoms with Gasteiger partial charge in [-0.3, -0.25) is 0 Å². The van der Waals surface area contributed by atoms with Crippen molar-refractivity contribution in [3.63, 3.8) is 0 Å². The minimum absolute atomic E-state index is 0.482. The third-order valence-electron chi connectivity index (χ3n) is 2.27. The van der Waals surface area contributed by atoms with Gasteiger partial charge in [-0.05, 0) is 26.8 Å². The van der Waals surface area contributed by atoms with Gasteiger partial charge in [0.25, 0.3) is 0 Å². The lowest BCUT2D eigenvalue weighted by molar-refractivity contribution is 1.05. The summed E-state index contributed by atoms with van der Waals surface area (Å²) in [6.07, 6.45) is 0. The topological polar surface area (TPSA) is 25.8 Å². The van der Waals surface area contributed by atoms with E-state index >= 15 is 0 Å². The molecule has 0 spiro atoms. The average molecular weight is 239 g/mol. The Labute approximate surface area is 98.0 Å². The fraction of sp³-hybridized carbons (Fsp3) is 0.273. The molecular formula is C11H11ClN2S. The molecule has 2 aromatic heterocycles. The summed E-state index contributed by atoms with van der Waals surface area (Å²) in [7, 11) is 0. The van der Waals surface area contributed by atoms with Crippen LogP contribution >= 0.6 is 22.9 Å². The minimum atomic E-state index is 0.482. The van der Waals surface area contributed by atoms with Crippen LogP contribution in [-0.4, -0.2) is 9.97 Å². The van der Waals surface area contributed by atoms with Crippen molar-refractivity contribution in [1.82, 2.24) is 9.97 Å². The third-order valence-corrected chi connectivity index (χ3v) is 3.39. The highest BCUT2D eigenvalue weighted by atomic mass is 35.5. The number of hydrogen-bond acceptors (Lipinski definition) is 3. The predicted octanol–water partition coefficient (Wildman–Crippen LogP) is 3.78. The van der Waals surface area contributed by atoms with Crippen molar-refractivity contribution in [2.45, 2.75) is 20.8 Å². The molecule has 0 aliphatic carbocycles. The maximum atomic E-state index is 6.08. The predicted molar refractivity (Wildman–Crippen MR) is 64.6 cm³/mol. The van der Waals surface area contributed by atoms with Gasteiger partial charge in [-0.1, -0.05) is 11.6 Å². The Morgan fingerprint density at radius 2 is 1.80 bits per heavy atom. The number of nitrogens with zero attached hydrogens (tertiary/aromatic N) is 2. The van der Waals surface area contributed by atoms with Crippen molar-refractivity contribution >= 4 is 22.9 Å². The van der Waals surface area contributed by atoms with Gasteiger partial charge in [-0.25, -0.2) is 9.97 Å². The SMILES string of the molecule is Cc1cc(-c2nc(C)c(C)nc2Cl)cs1. The van der Waals surface area contributed by atoms with E-state index in [0.717, 1.165) is 22.6 Å². The summed E-state index contributed by atoms with van der Waals surface area (Å²) in [4.78, 5) is 9.99. The quantitative estimate of drug-likeness (QED) is 0.756. The van der Waals surface area contributed by atoms with E-state index in [1.807, 2.05) is 13.8 Å². The van der Waals surface area contributed by atoms with Crippen LogP contribution in [0.25, 0.3) is 11.3 Å². The van der Waals surface area contributed by atoms with E-state index in [1.165, 1.54) is 4.88 Å². The first-order chi connectivity index (χ1) is 7.08. The first kappa shape index (κ1) is 10.6. The van der Waals surface area contributed by atoms with Crippen LogP contribution in [0.15, 0.2) is 11.4 Å². The van der Waals surface area contributed by atoms with Gasteiger partial charge in [0.2, 0.25) is 0 Å². The van der Waals surface area contributed by atoms with Crippen LogP contribution < -0.4 is 0 Å². The minimum Gasteiger partial charge on any atom is -0.248 e. The summed E-state index contributed by atoms with van der Waals surface area (Å²) >= 11 is 7.77. The Kier molecular flexibility index (Phi) is 2.76. The van der Waals surface area contributed by atoms with E-state index in [9.17, 15) is 0 Å². The lowest BCUT2D eigenvalue weighted by Crippen LogP contribution is -1.95. The summed E-state index contributed by atoms with van der Waals surface area (Å²) in [5, 5.41) is 2.54. The van der Waals surface area contributed by atoms with Gasteiger partial charge in [0.15, 0.2) is 5.15 Å². The molecule has 0 amide bonds. The Hall–Kier alpha value is -0.930. The van der Waals surface area contributed by atoms with Gasteiger partial charge >= 0.3 is 0 Å². The van der Waals surface area contributed by atoms with Gasteiger partial charge in [0, 0.05) is 15.8 Å². The van der Waals surface area contributed by atoms with Crippen molar-refractivity contribution in [1.29, 1.82) is 0 Å². The van der Waals surface area contributed by atoms with Gasteiger partial charge in [0.1, 0.15) is 5.69 Å². The molecular weight excluding hydrogens is 228 g/mol. The average Bonchev–Trinajstić information content (AvgIpc) is 2.58. The number of halogens is 1. The molecule has 0 radical (unpaired) electrons. The number of aromatic nitrogens is 2. The van der Waals surface area contributed by atoms with E-state index in [4.69, 9.17) is 11.6 Å². The Balaban J connectivity index is 2.58. The van der Waals surface area contributed by atoms with Gasteiger partial charge in [-0.15, -0.1) is 11.3 Å². The summed E-state index contributed by atoms with van der Waals surface area (Å²) in [6, 6.07) is 2.08. The van der Waals surface area contributed by atoms with Crippen molar-refractivity contribution < 1.29 is 0 Å². The van der Waals surface area contributed by atoms with Crippen LogP contribution in [0.3, 0.4) is 0 Å². The molecule has 78 valence electrons. The van der Waals surface area contributed by atoms with Crippen LogP contribution in [0.2, 0.25) is 5.15 Å². The highest BCUT2D eigenvalue weighted by Crippen LogP contribution is 2.28. The molecule has 0 unspecified atom stereocenters. The zero-order chi connectivity index (χ0) is 11.0. The molecule has 0 aromatic carbocycles. The Bertz CT molecular complexity index is 505. The highest BCUT2D eigenvalue weighted by molar-refractivity contribution is 7.10. The number of thiophene rings is 1. The van der Waals surface area contributed by atoms with Gasteiger partial charge < -0.3 is 0 Å². The monoisotopic (exact) mass is 238 g/mol. The summed E-state index contributed by atoms with van der Waals surface area (Å²) in [5.74, 6) is 0. The number of rotatable bonds is 1. The van der Waals surface area contributed by atoms with E-state index in [2.05, 4.69) is 28.3 Å². The van der Waals surface area contributed by atoms with E-state index in [1.54, 1.807) is 11.3 Å². The summed E-state index contributed by atoms with van der Waals surface area (Å²) < 4.78 is 0. The molecule has 0 fully saturated rings. The molecule has 15 heavy (non-hydrogen) atoms. The number of hydrogen-bond donors (Lipinski definition) is 0. The summed E-state index contributed by atoms with van der Waals surface area (Å²) in [5.41, 5.74) is 3.65. The summed E-state index contributed by atoms with van der Waals surface area (Å²) in [6.45, 7) is 5.93. The van der Waals surface area contributed by atoms with Crippen molar-refractivity contribution in [3.8, 4) is 11.3 Å². The maximum Gasteiger partial charge on any atom is 0.155 e. The first-order valence-electron chi connectivity index (χ1n) is 4.64. The normalized spacial score (nSPS) is 10.7. The second-order valence-electron chi connectivity index (χ2n) is 3.48. The molecule has 0 atom stereocenters. The van der Waals surface area contributed by atoms with Crippen LogP contribution in [0.4, 0.5) is 0 Å². The largest absolute Gasteiger partial charge is 0.248 e. The van der Waals surface area contributed by atoms with Crippen LogP contribution in [0, 0.1) is 20.8 Å². The molecule has 4 heteroatoms. The lowest BCUT2D eigenvalue weighted by atomic mass is 10.2. The standard InChI is InChI=1S/C11H11ClN2S/c1-6-4-9(5-15-6)10-11(12)14-8(3)7(2)13-10/h4-5H,1-3H3. The smallest absolute Gasteiger partial charge is 0.155 e. The second kappa shape index (κ2) is 3.91. The van der Waals surface area contributed by atoms with Crippen molar-refractivity contribution in [2.75, 3.05) is 0 Å². The van der Waals surface area contributed by atoms with Crippen molar-refractivity contribution in [2.24, 2.45) is 0 Å². The van der Waals surface area contributed by atoms with E-state index in [0.29, 0.717) is 5.15 Å². The first-order valence-corrected chi connectivity index (χ1v) is 5.90. The zero-order valence-electron chi connectivity index (χ0n) is 8.84. The lowest BCUT2D eigenvalue weighted by Gasteiger charge is -2.04. The molecule has 0 aliphatic heterocycles. The molecule has 0 aliphatic rings. The van der Waals surface area contributed by atoms with Crippen LogP contribution in [0.5, 0.6) is 0 Å². The molecule has 2 rings (SSSR count). The Morgan fingerprint density at radius 3 is 2.40 bits per heavy atom. The molecule has 0 saturated carbocycles. The zero-order valence-corrected chi connectivity index (χ0v) is 10.4. The van der Waals surface area contributed by atoms with Gasteiger partial charge in [-0.2, -0.15) is 0 Å². The number of aryl methyl sites for hydroxylation is 3. The molecule has 0 saturated heterocycles. The molecule has 2 aromatic rings. The fourth-order valence-corrected chi connectivity index (χ4v) is 2.29. The Morgan fingerprint density at radius 1 is 1.13 bits per heavy atom. The van der Waals surface area contributed by atoms with Crippen LogP contribution in [-0.2, 0) is 0 Å². The molecule has 0 N–H and O–H groups in total. The third kappa shape index (κ3) is 2.03. The highest BCUT2D eigenvalue weighted by Gasteiger charge is 2.10. The van der Waals surface area contributed by atoms with Crippen molar-refractivity contribution in [3.05, 3.63) is 32.9 Å². The molecule has 0 bridgehead atoms.